The molecular weight excluding hydrogens is 438 g/mol. The Kier molecular flexibility index (Phi) is 9.16. The lowest BCUT2D eigenvalue weighted by atomic mass is 9.82. The van der Waals surface area contributed by atoms with Gasteiger partial charge < -0.3 is 9.47 Å². The van der Waals surface area contributed by atoms with Gasteiger partial charge in [0.15, 0.2) is 0 Å². The zero-order valence-corrected chi connectivity index (χ0v) is 19.6. The maximum absolute atomic E-state index is 6.17. The molecule has 3 nitrogen and oxygen atoms in total. The van der Waals surface area contributed by atoms with Gasteiger partial charge in [0.25, 0.3) is 0 Å². The van der Waals surface area contributed by atoms with Crippen molar-refractivity contribution in [3.05, 3.63) is 76.3 Å². The van der Waals surface area contributed by atoms with E-state index in [9.17, 15) is 0 Å². The maximum Gasteiger partial charge on any atom is 0.120 e. The van der Waals surface area contributed by atoms with Crippen LogP contribution >= 0.6 is 15.9 Å². The van der Waals surface area contributed by atoms with Crippen LogP contribution in [-0.4, -0.2) is 25.5 Å². The van der Waals surface area contributed by atoms with E-state index in [-0.39, 0.29) is 0 Å². The lowest BCUT2D eigenvalue weighted by molar-refractivity contribution is 0.0486. The van der Waals surface area contributed by atoms with Gasteiger partial charge >= 0.3 is 0 Å². The average Bonchev–Trinajstić information content (AvgIpc) is 2.80. The summed E-state index contributed by atoms with van der Waals surface area (Å²) >= 11 is 3.60. The van der Waals surface area contributed by atoms with Crippen molar-refractivity contribution in [2.75, 3.05) is 13.7 Å². The second-order valence-corrected chi connectivity index (χ2v) is 8.62. The molecule has 4 heteroatoms. The number of ether oxygens (including phenoxy) is 2. The van der Waals surface area contributed by atoms with Crippen LogP contribution in [0.4, 0.5) is 0 Å². The summed E-state index contributed by atoms with van der Waals surface area (Å²) in [6.07, 6.45) is 7.92. The molecule has 0 saturated heterocycles. The minimum Gasteiger partial charge on any atom is -0.489 e. The van der Waals surface area contributed by atoms with Crippen LogP contribution in [0.3, 0.4) is 0 Å². The summed E-state index contributed by atoms with van der Waals surface area (Å²) in [5.41, 5.74) is 3.56. The van der Waals surface area contributed by atoms with E-state index in [1.807, 2.05) is 25.2 Å². The van der Waals surface area contributed by atoms with E-state index in [1.54, 1.807) is 0 Å². The largest absolute Gasteiger partial charge is 0.489 e. The first kappa shape index (κ1) is 22.8. The highest BCUT2D eigenvalue weighted by Gasteiger charge is 2.23. The molecule has 0 unspecified atom stereocenters. The molecule has 30 heavy (non-hydrogen) atoms. The van der Waals surface area contributed by atoms with Crippen molar-refractivity contribution >= 4 is 21.6 Å². The highest BCUT2D eigenvalue weighted by molar-refractivity contribution is 9.12. The Bertz CT molecular complexity index is 839. The van der Waals surface area contributed by atoms with Crippen LogP contribution in [0.5, 0.6) is 5.75 Å². The SMILES string of the molecule is CC/C=C(/Br)C(COC1CCC(c2cccc(OCc3ccccc3)c2)CC1)=NC. The first-order valence-electron chi connectivity index (χ1n) is 10.9. The first-order chi connectivity index (χ1) is 14.7. The Balaban J connectivity index is 1.48. The summed E-state index contributed by atoms with van der Waals surface area (Å²) in [5.74, 6) is 1.53. The number of hydrogen-bond donors (Lipinski definition) is 0. The normalized spacial score (nSPS) is 20.2. The molecule has 1 fully saturated rings. The van der Waals surface area contributed by atoms with Gasteiger partial charge in [0.1, 0.15) is 12.4 Å². The first-order valence-corrected chi connectivity index (χ1v) is 11.7. The van der Waals surface area contributed by atoms with Gasteiger partial charge in [-0.15, -0.1) is 0 Å². The number of rotatable bonds is 9. The van der Waals surface area contributed by atoms with Crippen LogP contribution in [0, 0.1) is 0 Å². The third-order valence-electron chi connectivity index (χ3n) is 5.64. The molecule has 1 saturated carbocycles. The molecule has 0 bridgehead atoms. The molecule has 0 radical (unpaired) electrons. The van der Waals surface area contributed by atoms with Crippen molar-refractivity contribution in [3.8, 4) is 5.75 Å². The molecule has 0 aliphatic heterocycles. The predicted molar refractivity (Wildman–Crippen MR) is 129 cm³/mol. The van der Waals surface area contributed by atoms with Crippen molar-refractivity contribution in [1.82, 2.24) is 0 Å². The molecule has 0 N–H and O–H groups in total. The molecule has 2 aromatic carbocycles. The smallest absolute Gasteiger partial charge is 0.120 e. The maximum atomic E-state index is 6.17. The topological polar surface area (TPSA) is 30.8 Å². The quantitative estimate of drug-likeness (QED) is 0.367. The molecule has 0 aromatic heterocycles. The van der Waals surface area contributed by atoms with Crippen LogP contribution in [0.2, 0.25) is 0 Å². The third-order valence-corrected chi connectivity index (χ3v) is 6.42. The van der Waals surface area contributed by atoms with E-state index in [2.05, 4.69) is 70.3 Å². The second-order valence-electron chi connectivity index (χ2n) is 7.76. The molecule has 1 aliphatic carbocycles. The van der Waals surface area contributed by atoms with Crippen LogP contribution < -0.4 is 4.74 Å². The molecule has 0 spiro atoms. The number of aliphatic imine (C=N–C) groups is 1. The monoisotopic (exact) mass is 469 g/mol. The standard InChI is InChI=1S/C26H32BrNO2/c1-3-8-25(27)26(28-2)19-30-23-15-13-21(14-16-23)22-11-7-12-24(17-22)29-18-20-9-5-4-6-10-20/h4-12,17,21,23H,3,13-16,18-19H2,1-2H3/b25-8+,28-26?. The fourth-order valence-corrected chi connectivity index (χ4v) is 4.51. The number of allylic oxidation sites excluding steroid dienone is 1. The Morgan fingerprint density at radius 3 is 2.53 bits per heavy atom. The summed E-state index contributed by atoms with van der Waals surface area (Å²) in [5, 5.41) is 0. The fourth-order valence-electron chi connectivity index (χ4n) is 3.90. The lowest BCUT2D eigenvalue weighted by Gasteiger charge is -2.29. The molecule has 0 atom stereocenters. The van der Waals surface area contributed by atoms with Gasteiger partial charge in [0, 0.05) is 11.5 Å². The highest BCUT2D eigenvalue weighted by Crippen LogP contribution is 2.35. The minimum absolute atomic E-state index is 0.317. The van der Waals surface area contributed by atoms with E-state index < -0.39 is 0 Å². The molecule has 0 heterocycles. The minimum atomic E-state index is 0.317. The van der Waals surface area contributed by atoms with E-state index in [0.29, 0.717) is 25.2 Å². The van der Waals surface area contributed by atoms with Crippen LogP contribution in [0.15, 0.2) is 70.1 Å². The van der Waals surface area contributed by atoms with Crippen molar-refractivity contribution in [3.63, 3.8) is 0 Å². The highest BCUT2D eigenvalue weighted by atomic mass is 79.9. The van der Waals surface area contributed by atoms with Crippen molar-refractivity contribution in [2.45, 2.75) is 57.7 Å². The number of nitrogens with zero attached hydrogens (tertiary/aromatic N) is 1. The zero-order valence-electron chi connectivity index (χ0n) is 18.0. The average molecular weight is 470 g/mol. The Hall–Kier alpha value is -1.91. The van der Waals surface area contributed by atoms with E-state index in [0.717, 1.165) is 48.0 Å². The van der Waals surface area contributed by atoms with Crippen molar-refractivity contribution in [2.24, 2.45) is 4.99 Å². The number of benzene rings is 2. The summed E-state index contributed by atoms with van der Waals surface area (Å²) in [7, 11) is 1.83. The molecule has 0 amide bonds. The van der Waals surface area contributed by atoms with Crippen molar-refractivity contribution in [1.29, 1.82) is 0 Å². The van der Waals surface area contributed by atoms with Crippen molar-refractivity contribution < 1.29 is 9.47 Å². The van der Waals surface area contributed by atoms with Gasteiger partial charge in [-0.25, -0.2) is 0 Å². The molecule has 160 valence electrons. The molecule has 2 aromatic rings. The summed E-state index contributed by atoms with van der Waals surface area (Å²) < 4.78 is 13.2. The molecule has 3 rings (SSSR count). The van der Waals surface area contributed by atoms with Gasteiger partial charge in [-0.1, -0.05) is 55.5 Å². The van der Waals surface area contributed by atoms with Crippen LogP contribution in [-0.2, 0) is 11.3 Å². The number of hydrogen-bond acceptors (Lipinski definition) is 3. The van der Waals surface area contributed by atoms with Crippen LogP contribution in [0.25, 0.3) is 0 Å². The predicted octanol–water partition coefficient (Wildman–Crippen LogP) is 7.07. The van der Waals surface area contributed by atoms with Gasteiger partial charge in [0.2, 0.25) is 0 Å². The Morgan fingerprint density at radius 2 is 1.83 bits per heavy atom. The van der Waals surface area contributed by atoms with Gasteiger partial charge in [-0.2, -0.15) is 0 Å². The zero-order chi connectivity index (χ0) is 21.2. The summed E-state index contributed by atoms with van der Waals surface area (Å²) in [4.78, 5) is 4.37. The van der Waals surface area contributed by atoms with Gasteiger partial charge in [-0.05, 0) is 77.2 Å². The Labute approximate surface area is 189 Å². The second kappa shape index (κ2) is 12.1. The van der Waals surface area contributed by atoms with Gasteiger partial charge in [0.05, 0.1) is 18.4 Å². The number of halogens is 1. The summed E-state index contributed by atoms with van der Waals surface area (Å²) in [6, 6.07) is 18.9. The van der Waals surface area contributed by atoms with E-state index in [1.165, 1.54) is 11.1 Å². The van der Waals surface area contributed by atoms with Crippen LogP contribution in [0.1, 0.15) is 56.1 Å². The lowest BCUT2D eigenvalue weighted by Crippen LogP contribution is -2.24. The summed E-state index contributed by atoms with van der Waals surface area (Å²) in [6.45, 7) is 3.30. The third kappa shape index (κ3) is 6.82. The molecule has 1 aliphatic rings. The van der Waals surface area contributed by atoms with E-state index in [4.69, 9.17) is 9.47 Å². The molecular formula is C26H32BrNO2. The van der Waals surface area contributed by atoms with E-state index >= 15 is 0 Å². The van der Waals surface area contributed by atoms with Gasteiger partial charge in [-0.3, -0.25) is 4.99 Å². The Morgan fingerprint density at radius 1 is 1.07 bits per heavy atom. The fraction of sp³-hybridized carbons (Fsp3) is 0.423.